The lowest BCUT2D eigenvalue weighted by Gasteiger charge is -2.49. The molecule has 1 fully saturated rings. The largest absolute Gasteiger partial charge is 0.457 e. The van der Waals surface area contributed by atoms with Gasteiger partial charge in [0.15, 0.2) is 0 Å². The van der Waals surface area contributed by atoms with Crippen molar-refractivity contribution in [1.82, 2.24) is 0 Å². The lowest BCUT2D eigenvalue weighted by atomic mass is 9.32. The third-order valence-electron chi connectivity index (χ3n) is 19.5. The predicted octanol–water partition coefficient (Wildman–Crippen LogP) is 17.3. The average Bonchev–Trinajstić information content (AvgIpc) is 4.00. The molecule has 10 aromatic rings. The summed E-state index contributed by atoms with van der Waals surface area (Å²) in [6.07, 6.45) is 6.22. The Hall–Kier alpha value is -7.56. The second kappa shape index (κ2) is 16.0. The first-order chi connectivity index (χ1) is 36.7. The van der Waals surface area contributed by atoms with Crippen molar-refractivity contribution in [3.05, 3.63) is 232 Å². The van der Waals surface area contributed by atoms with Crippen molar-refractivity contribution in [2.75, 3.05) is 9.80 Å². The minimum absolute atomic E-state index is 0.141. The number of benzene rings is 9. The predicted molar refractivity (Wildman–Crippen MR) is 320 cm³/mol. The van der Waals surface area contributed by atoms with Crippen molar-refractivity contribution in [1.29, 1.82) is 0 Å². The first-order valence-corrected chi connectivity index (χ1v) is 28.1. The molecule has 0 saturated heterocycles. The van der Waals surface area contributed by atoms with E-state index in [-0.39, 0.29) is 28.4 Å². The molecule has 0 atom stereocenters. The second-order valence-corrected chi connectivity index (χ2v) is 25.0. The number of furan rings is 1. The van der Waals surface area contributed by atoms with E-state index >= 15 is 0 Å². The maximum atomic E-state index is 7.33. The van der Waals surface area contributed by atoms with E-state index in [4.69, 9.17) is 4.42 Å². The molecule has 15 rings (SSSR count). The van der Waals surface area contributed by atoms with Gasteiger partial charge in [0.2, 0.25) is 0 Å². The van der Waals surface area contributed by atoms with Crippen molar-refractivity contribution in [2.24, 2.45) is 0 Å². The Morgan fingerprint density at radius 3 is 1.64 bits per heavy atom. The highest BCUT2D eigenvalue weighted by Gasteiger charge is 2.50. The lowest BCUT2D eigenvalue weighted by molar-refractivity contribution is 0.444. The van der Waals surface area contributed by atoms with Gasteiger partial charge in [-0.2, -0.15) is 0 Å². The Morgan fingerprint density at radius 2 is 0.961 bits per heavy atom. The molecule has 4 heteroatoms. The summed E-state index contributed by atoms with van der Waals surface area (Å²) in [7, 11) is 0. The van der Waals surface area contributed by atoms with Crippen LogP contribution in [-0.4, -0.2) is 6.71 Å². The number of anilines is 6. The van der Waals surface area contributed by atoms with Crippen molar-refractivity contribution in [3.63, 3.8) is 0 Å². The molecule has 5 aliphatic rings. The fourth-order valence-electron chi connectivity index (χ4n) is 15.6. The minimum Gasteiger partial charge on any atom is -0.457 e. The smallest absolute Gasteiger partial charge is 0.257 e. The van der Waals surface area contributed by atoms with Gasteiger partial charge in [-0.15, -0.1) is 0 Å². The van der Waals surface area contributed by atoms with Crippen molar-refractivity contribution >= 4 is 79.2 Å². The summed E-state index contributed by atoms with van der Waals surface area (Å²) in [5.74, 6) is 0.460. The highest BCUT2D eigenvalue weighted by atomic mass is 16.3. The van der Waals surface area contributed by atoms with Gasteiger partial charge in [0.05, 0.1) is 5.69 Å². The molecule has 1 aromatic heterocycles. The maximum absolute atomic E-state index is 7.33. The molecule has 0 unspecified atom stereocenters. The summed E-state index contributed by atoms with van der Waals surface area (Å²) >= 11 is 0. The Balaban J connectivity index is 1.10. The van der Waals surface area contributed by atoms with E-state index in [0.717, 1.165) is 21.9 Å². The Morgan fingerprint density at radius 1 is 0.408 bits per heavy atom. The molecule has 9 aromatic carbocycles. The first kappa shape index (κ1) is 45.8. The van der Waals surface area contributed by atoms with Crippen LogP contribution in [0.4, 0.5) is 34.1 Å². The molecule has 2 aliphatic heterocycles. The summed E-state index contributed by atoms with van der Waals surface area (Å²) in [5.41, 5.74) is 27.4. The van der Waals surface area contributed by atoms with E-state index < -0.39 is 0 Å². The third kappa shape index (κ3) is 6.19. The van der Waals surface area contributed by atoms with Gasteiger partial charge in [0, 0.05) is 66.4 Å². The zero-order valence-corrected chi connectivity index (χ0v) is 45.3. The Bertz CT molecular complexity index is 4070. The van der Waals surface area contributed by atoms with Crippen LogP contribution in [0.3, 0.4) is 0 Å². The zero-order chi connectivity index (χ0) is 51.6. The monoisotopic (exact) mass is 985 g/mol. The SMILES string of the molecule is CC1(C)c2ccccc2C(C)(C)c2cc(N3c4cc5c(cc4B4c6c3cc(C3CCCCC3)cc6N(c3ccccc3-c3ccccc3)c3ccc6c(oc7ccccc76)c34)C(C)(C)c3ccccc3C5(C)C)ccc21. The van der Waals surface area contributed by atoms with Crippen molar-refractivity contribution in [3.8, 4) is 11.1 Å². The number of hydrogen-bond donors (Lipinski definition) is 0. The average molecular weight is 985 g/mol. The first-order valence-electron chi connectivity index (χ1n) is 28.1. The number of para-hydroxylation sites is 2. The standard InChI is InChI=1S/C72H65BN2O/c1-69(2)51-29-17-18-30-52(51)70(3,4)56-41-47(35-37-55(56)69)74-62-43-58-57(71(5,6)53-31-19-20-32-54(53)72(58,7)8)42-59(62)73-66-63(74)39-46(44-23-11-9-12-24-44)40-64(66)75(60-33-21-15-27-48(60)45-25-13-10-14-26-45)61-38-36-50-49-28-16-22-34-65(49)76-68(50)67(61)73/h10,13-22,25-44H,9,11-12,23-24H2,1-8H3. The molecule has 0 bridgehead atoms. The number of hydrogen-bond acceptors (Lipinski definition) is 3. The van der Waals surface area contributed by atoms with Crippen LogP contribution in [0.5, 0.6) is 0 Å². The molecule has 0 N–H and O–H groups in total. The number of nitrogens with zero attached hydrogens (tertiary/aromatic N) is 2. The van der Waals surface area contributed by atoms with E-state index in [1.165, 1.54) is 144 Å². The third-order valence-corrected chi connectivity index (χ3v) is 19.5. The summed E-state index contributed by atoms with van der Waals surface area (Å²) < 4.78 is 7.33. The molecule has 3 heterocycles. The molecule has 3 nitrogen and oxygen atoms in total. The lowest BCUT2D eigenvalue weighted by Crippen LogP contribution is -2.62. The topological polar surface area (TPSA) is 19.6 Å². The molecule has 0 amide bonds. The van der Waals surface area contributed by atoms with Crippen LogP contribution in [0, 0.1) is 0 Å². The van der Waals surface area contributed by atoms with E-state index in [0.29, 0.717) is 5.92 Å². The summed E-state index contributed by atoms with van der Waals surface area (Å²) in [5, 5.41) is 2.31. The molecule has 1 saturated carbocycles. The molecular weight excluding hydrogens is 920 g/mol. The van der Waals surface area contributed by atoms with E-state index in [1.807, 2.05) is 0 Å². The van der Waals surface area contributed by atoms with Gasteiger partial charge in [-0.25, -0.2) is 0 Å². The van der Waals surface area contributed by atoms with Crippen LogP contribution in [0.25, 0.3) is 33.1 Å². The van der Waals surface area contributed by atoms with Gasteiger partial charge in [-0.05, 0) is 145 Å². The number of rotatable bonds is 4. The van der Waals surface area contributed by atoms with Crippen molar-refractivity contribution < 1.29 is 4.42 Å². The molecular formula is C72H65BN2O. The fraction of sp³-hybridized carbons (Fsp3) is 0.250. The fourth-order valence-corrected chi connectivity index (χ4v) is 15.6. The van der Waals surface area contributed by atoms with Gasteiger partial charge in [0.1, 0.15) is 11.2 Å². The van der Waals surface area contributed by atoms with E-state index in [2.05, 4.69) is 247 Å². The van der Waals surface area contributed by atoms with Crippen LogP contribution in [-0.2, 0) is 21.7 Å². The molecule has 0 spiro atoms. The van der Waals surface area contributed by atoms with Crippen LogP contribution in [0.15, 0.2) is 186 Å². The summed E-state index contributed by atoms with van der Waals surface area (Å²) in [6.45, 7) is 19.5. The highest BCUT2D eigenvalue weighted by Crippen LogP contribution is 2.56. The molecule has 372 valence electrons. The van der Waals surface area contributed by atoms with Crippen LogP contribution in [0.1, 0.15) is 143 Å². The van der Waals surface area contributed by atoms with E-state index in [1.54, 1.807) is 0 Å². The van der Waals surface area contributed by atoms with Gasteiger partial charge in [0.25, 0.3) is 6.71 Å². The quantitative estimate of drug-likeness (QED) is 0.164. The molecule has 0 radical (unpaired) electrons. The van der Waals surface area contributed by atoms with Crippen LogP contribution >= 0.6 is 0 Å². The van der Waals surface area contributed by atoms with Crippen LogP contribution < -0.4 is 26.2 Å². The van der Waals surface area contributed by atoms with Gasteiger partial charge in [-0.3, -0.25) is 0 Å². The minimum atomic E-state index is -0.256. The normalized spacial score (nSPS) is 18.0. The highest BCUT2D eigenvalue weighted by molar-refractivity contribution is 7.01. The van der Waals surface area contributed by atoms with Gasteiger partial charge < -0.3 is 14.2 Å². The van der Waals surface area contributed by atoms with Crippen LogP contribution in [0.2, 0.25) is 0 Å². The molecule has 3 aliphatic carbocycles. The summed E-state index contributed by atoms with van der Waals surface area (Å²) in [6, 6.07) is 70.1. The van der Waals surface area contributed by atoms with Crippen molar-refractivity contribution in [2.45, 2.75) is 115 Å². The zero-order valence-electron chi connectivity index (χ0n) is 45.3. The van der Waals surface area contributed by atoms with E-state index in [9.17, 15) is 0 Å². The number of fused-ring (bicyclic) bond motifs is 12. The Kier molecular flexibility index (Phi) is 9.64. The van der Waals surface area contributed by atoms with Gasteiger partial charge in [-0.1, -0.05) is 202 Å². The summed E-state index contributed by atoms with van der Waals surface area (Å²) in [4.78, 5) is 5.38. The maximum Gasteiger partial charge on any atom is 0.257 e. The van der Waals surface area contributed by atoms with Gasteiger partial charge >= 0.3 is 0 Å². The second-order valence-electron chi connectivity index (χ2n) is 25.0. The Labute approximate surface area is 449 Å². The molecule has 76 heavy (non-hydrogen) atoms.